The Bertz CT molecular complexity index is 515. The average molecular weight is 340 g/mol. The first-order valence-electron chi connectivity index (χ1n) is 8.30. The zero-order valence-electron chi connectivity index (χ0n) is 14.3. The van der Waals surface area contributed by atoms with E-state index in [1.165, 1.54) is 7.11 Å². The van der Waals surface area contributed by atoms with Gasteiger partial charge in [-0.25, -0.2) is 0 Å². The highest BCUT2D eigenvalue weighted by Gasteiger charge is 2.57. The zero-order valence-corrected chi connectivity index (χ0v) is 14.3. The summed E-state index contributed by atoms with van der Waals surface area (Å²) >= 11 is 0. The Morgan fingerprint density at radius 3 is 2.75 bits per heavy atom. The predicted octanol–water partition coefficient (Wildman–Crippen LogP) is 0.993. The highest BCUT2D eigenvalue weighted by atomic mass is 16.8. The van der Waals surface area contributed by atoms with Crippen LogP contribution in [0.1, 0.15) is 33.1 Å². The molecule has 0 aromatic heterocycles. The Morgan fingerprint density at radius 1 is 1.25 bits per heavy atom. The van der Waals surface area contributed by atoms with Crippen LogP contribution in [0.15, 0.2) is 0 Å². The summed E-state index contributed by atoms with van der Waals surface area (Å²) in [5.41, 5.74) is 0. The fourth-order valence-electron chi connectivity index (χ4n) is 3.13. The quantitative estimate of drug-likeness (QED) is 0.558. The number of ketones is 1. The maximum atomic E-state index is 12.3. The van der Waals surface area contributed by atoms with E-state index in [1.807, 2.05) is 0 Å². The number of hydrogen-bond acceptors (Lipinski definition) is 7. The second kappa shape index (κ2) is 7.48. The zero-order chi connectivity index (χ0) is 17.2. The summed E-state index contributed by atoms with van der Waals surface area (Å²) in [6.45, 7) is 4.45. The molecule has 7 heteroatoms. The summed E-state index contributed by atoms with van der Waals surface area (Å²) in [5, 5.41) is 0. The number of fused-ring (bicyclic) bond motifs is 1. The molecule has 0 bridgehead atoms. The van der Waals surface area contributed by atoms with Gasteiger partial charge in [0, 0.05) is 13.7 Å². The van der Waals surface area contributed by atoms with Crippen molar-refractivity contribution >= 4 is 5.78 Å². The highest BCUT2D eigenvalue weighted by molar-refractivity contribution is 5.99. The summed E-state index contributed by atoms with van der Waals surface area (Å²) in [5.74, 6) is 4.15. The fraction of sp³-hybridized carbons (Fsp3) is 0.824. The van der Waals surface area contributed by atoms with Gasteiger partial charge in [0.1, 0.15) is 18.8 Å². The topological polar surface area (TPSA) is 72.5 Å². The fourth-order valence-corrected chi connectivity index (χ4v) is 3.13. The van der Waals surface area contributed by atoms with Crippen molar-refractivity contribution in [2.24, 2.45) is 0 Å². The molecular formula is C17H24O7. The average Bonchev–Trinajstić information content (AvgIpc) is 3.05. The monoisotopic (exact) mass is 340 g/mol. The maximum Gasteiger partial charge on any atom is 0.237 e. The predicted molar refractivity (Wildman–Crippen MR) is 81.8 cm³/mol. The van der Waals surface area contributed by atoms with Crippen molar-refractivity contribution in [2.45, 2.75) is 69.8 Å². The van der Waals surface area contributed by atoms with Crippen LogP contribution in [-0.2, 0) is 33.2 Å². The molecule has 1 unspecified atom stereocenters. The minimum absolute atomic E-state index is 0.147. The van der Waals surface area contributed by atoms with Crippen molar-refractivity contribution in [3.05, 3.63) is 0 Å². The standard InChI is InChI=1S/C17H24O7/c1-17(2)23-14-13(22-16(19-3)15(14)24-17)11(18)7-6-10-21-12-8-4-5-9-20-12/h12-16H,4-5,8-10H2,1-3H3/t12?,13-,14-,15-,16-/m1/s1. The number of carbonyl (C=O) groups excluding carboxylic acids is 1. The molecule has 0 spiro atoms. The molecule has 0 amide bonds. The van der Waals surface area contributed by atoms with Gasteiger partial charge in [0.15, 0.2) is 24.5 Å². The first-order chi connectivity index (χ1) is 11.5. The first kappa shape index (κ1) is 17.8. The summed E-state index contributed by atoms with van der Waals surface area (Å²) in [6, 6.07) is 0. The van der Waals surface area contributed by atoms with Gasteiger partial charge in [-0.1, -0.05) is 5.92 Å². The number of hydrogen-bond donors (Lipinski definition) is 0. The van der Waals surface area contributed by atoms with Gasteiger partial charge in [-0.05, 0) is 39.0 Å². The van der Waals surface area contributed by atoms with Crippen LogP contribution in [0.25, 0.3) is 0 Å². The van der Waals surface area contributed by atoms with Gasteiger partial charge < -0.3 is 28.4 Å². The van der Waals surface area contributed by atoms with E-state index in [0.29, 0.717) is 6.61 Å². The van der Waals surface area contributed by atoms with Crippen LogP contribution in [0.3, 0.4) is 0 Å². The van der Waals surface area contributed by atoms with E-state index < -0.39 is 30.4 Å². The Kier molecular flexibility index (Phi) is 5.55. The maximum absolute atomic E-state index is 12.3. The summed E-state index contributed by atoms with van der Waals surface area (Å²) in [6.07, 6.45) is 0.370. The third kappa shape index (κ3) is 3.97. The number of rotatable bonds is 4. The lowest BCUT2D eigenvalue weighted by Crippen LogP contribution is -2.35. The van der Waals surface area contributed by atoms with Gasteiger partial charge in [-0.2, -0.15) is 0 Å². The minimum atomic E-state index is -0.819. The SMILES string of the molecule is CO[C@@H]1O[C@H](C(=O)C#CCOC2CCCCO2)[C@H]2OC(C)(C)O[C@@H]12. The van der Waals surface area contributed by atoms with Gasteiger partial charge >= 0.3 is 0 Å². The Labute approximate surface area is 141 Å². The second-order valence-electron chi connectivity index (χ2n) is 6.50. The van der Waals surface area contributed by atoms with Crippen LogP contribution < -0.4 is 0 Å². The van der Waals surface area contributed by atoms with Gasteiger partial charge in [-0.15, -0.1) is 0 Å². The van der Waals surface area contributed by atoms with Crippen molar-refractivity contribution in [1.29, 1.82) is 0 Å². The Balaban J connectivity index is 1.54. The molecule has 3 rings (SSSR count). The van der Waals surface area contributed by atoms with E-state index in [4.69, 9.17) is 28.4 Å². The van der Waals surface area contributed by atoms with Crippen molar-refractivity contribution in [1.82, 2.24) is 0 Å². The molecule has 3 aliphatic heterocycles. The third-order valence-corrected chi connectivity index (χ3v) is 4.19. The molecule has 3 heterocycles. The molecule has 0 N–H and O–H groups in total. The first-order valence-corrected chi connectivity index (χ1v) is 8.30. The number of methoxy groups -OCH3 is 1. The van der Waals surface area contributed by atoms with E-state index >= 15 is 0 Å². The van der Waals surface area contributed by atoms with Gasteiger partial charge in [-0.3, -0.25) is 4.79 Å². The Morgan fingerprint density at radius 2 is 2.04 bits per heavy atom. The summed E-state index contributed by atoms with van der Waals surface area (Å²) in [4.78, 5) is 12.3. The molecule has 3 saturated heterocycles. The summed E-state index contributed by atoms with van der Waals surface area (Å²) < 4.78 is 33.3. The van der Waals surface area contributed by atoms with E-state index in [9.17, 15) is 4.79 Å². The summed E-state index contributed by atoms with van der Waals surface area (Å²) in [7, 11) is 1.51. The van der Waals surface area contributed by atoms with E-state index in [2.05, 4.69) is 11.8 Å². The third-order valence-electron chi connectivity index (χ3n) is 4.19. The van der Waals surface area contributed by atoms with Crippen molar-refractivity contribution in [3.63, 3.8) is 0 Å². The molecule has 134 valence electrons. The van der Waals surface area contributed by atoms with Crippen molar-refractivity contribution < 1.29 is 33.2 Å². The molecule has 0 aromatic rings. The van der Waals surface area contributed by atoms with E-state index in [-0.39, 0.29) is 18.7 Å². The molecule has 0 radical (unpaired) electrons. The van der Waals surface area contributed by atoms with Crippen LogP contribution in [0.4, 0.5) is 0 Å². The minimum Gasteiger partial charge on any atom is -0.353 e. The largest absolute Gasteiger partial charge is 0.353 e. The molecule has 5 atom stereocenters. The molecule has 3 fully saturated rings. The number of ether oxygens (including phenoxy) is 6. The molecule has 24 heavy (non-hydrogen) atoms. The molecule has 3 aliphatic rings. The molecule has 0 aliphatic carbocycles. The lowest BCUT2D eigenvalue weighted by molar-refractivity contribution is -0.224. The van der Waals surface area contributed by atoms with E-state index in [1.54, 1.807) is 13.8 Å². The van der Waals surface area contributed by atoms with Crippen LogP contribution in [0.2, 0.25) is 0 Å². The van der Waals surface area contributed by atoms with E-state index in [0.717, 1.165) is 19.3 Å². The van der Waals surface area contributed by atoms with Crippen molar-refractivity contribution in [2.75, 3.05) is 20.3 Å². The molecule has 0 aromatic carbocycles. The Hall–Kier alpha value is -1.01. The normalized spacial score (nSPS) is 37.5. The molecule has 0 saturated carbocycles. The number of carbonyl (C=O) groups is 1. The van der Waals surface area contributed by atoms with Crippen LogP contribution in [0, 0.1) is 11.8 Å². The van der Waals surface area contributed by atoms with Gasteiger partial charge in [0.05, 0.1) is 0 Å². The highest BCUT2D eigenvalue weighted by Crippen LogP contribution is 2.39. The second-order valence-corrected chi connectivity index (χ2v) is 6.50. The lowest BCUT2D eigenvalue weighted by Gasteiger charge is -2.22. The van der Waals surface area contributed by atoms with Crippen molar-refractivity contribution in [3.8, 4) is 11.8 Å². The molecular weight excluding hydrogens is 316 g/mol. The van der Waals surface area contributed by atoms with Crippen LogP contribution in [-0.4, -0.2) is 62.8 Å². The van der Waals surface area contributed by atoms with Crippen LogP contribution >= 0.6 is 0 Å². The van der Waals surface area contributed by atoms with Gasteiger partial charge in [0.25, 0.3) is 0 Å². The smallest absolute Gasteiger partial charge is 0.237 e. The lowest BCUT2D eigenvalue weighted by atomic mass is 10.1. The molecule has 7 nitrogen and oxygen atoms in total. The van der Waals surface area contributed by atoms with Gasteiger partial charge in [0.2, 0.25) is 5.78 Å². The van der Waals surface area contributed by atoms with Crippen LogP contribution in [0.5, 0.6) is 0 Å². The number of Topliss-reactive ketones (excluding diaryl/α,β-unsaturated/α-hetero) is 1.